The monoisotopic (exact) mass is 243 g/mol. The molecule has 0 rings (SSSR count). The van der Waals surface area contributed by atoms with Gasteiger partial charge in [-0.2, -0.15) is 0 Å². The van der Waals surface area contributed by atoms with E-state index in [1.165, 1.54) is 7.11 Å². The SMILES string of the molecule is CCC(=CCN(CC)C(C)COC)C(=O)OC. The molecule has 4 heteroatoms. The van der Waals surface area contributed by atoms with Crippen molar-refractivity contribution < 1.29 is 14.3 Å². The van der Waals surface area contributed by atoms with Gasteiger partial charge in [0.05, 0.1) is 13.7 Å². The highest BCUT2D eigenvalue weighted by atomic mass is 16.5. The van der Waals surface area contributed by atoms with Crippen LogP contribution in [0.3, 0.4) is 0 Å². The van der Waals surface area contributed by atoms with E-state index >= 15 is 0 Å². The zero-order chi connectivity index (χ0) is 13.3. The van der Waals surface area contributed by atoms with Crippen molar-refractivity contribution in [2.45, 2.75) is 33.2 Å². The molecule has 4 nitrogen and oxygen atoms in total. The number of rotatable bonds is 8. The highest BCUT2D eigenvalue weighted by Gasteiger charge is 2.12. The van der Waals surface area contributed by atoms with E-state index < -0.39 is 0 Å². The molecule has 0 aliphatic carbocycles. The maximum atomic E-state index is 11.4. The summed E-state index contributed by atoms with van der Waals surface area (Å²) in [5.74, 6) is -0.233. The highest BCUT2D eigenvalue weighted by Crippen LogP contribution is 2.06. The van der Waals surface area contributed by atoms with Crippen LogP contribution in [-0.4, -0.2) is 50.8 Å². The summed E-state index contributed by atoms with van der Waals surface area (Å²) < 4.78 is 9.86. The van der Waals surface area contributed by atoms with Crippen LogP contribution in [0.1, 0.15) is 27.2 Å². The van der Waals surface area contributed by atoms with Gasteiger partial charge in [-0.25, -0.2) is 4.79 Å². The molecule has 100 valence electrons. The fourth-order valence-electron chi connectivity index (χ4n) is 1.70. The van der Waals surface area contributed by atoms with E-state index in [0.717, 1.165) is 18.7 Å². The number of esters is 1. The molecule has 0 aromatic heterocycles. The molecule has 0 heterocycles. The Morgan fingerprint density at radius 3 is 2.41 bits per heavy atom. The lowest BCUT2D eigenvalue weighted by molar-refractivity contribution is -0.136. The van der Waals surface area contributed by atoms with Crippen LogP contribution in [0.2, 0.25) is 0 Å². The van der Waals surface area contributed by atoms with Crippen LogP contribution in [0, 0.1) is 0 Å². The second-order valence-corrected chi connectivity index (χ2v) is 3.97. The van der Waals surface area contributed by atoms with Gasteiger partial charge in [-0.15, -0.1) is 0 Å². The van der Waals surface area contributed by atoms with Crippen LogP contribution < -0.4 is 0 Å². The maximum Gasteiger partial charge on any atom is 0.333 e. The second kappa shape index (κ2) is 9.19. The van der Waals surface area contributed by atoms with Crippen LogP contribution in [-0.2, 0) is 14.3 Å². The first-order chi connectivity index (χ1) is 8.10. The van der Waals surface area contributed by atoms with Crippen LogP contribution in [0.25, 0.3) is 0 Å². The molecular formula is C13H25NO3. The topological polar surface area (TPSA) is 38.8 Å². The third kappa shape index (κ3) is 5.84. The standard InChI is InChI=1S/C13H25NO3/c1-6-12(13(15)17-5)8-9-14(7-2)11(3)10-16-4/h8,11H,6-7,9-10H2,1-5H3. The molecule has 0 saturated carbocycles. The first-order valence-electron chi connectivity index (χ1n) is 6.10. The average Bonchev–Trinajstić information content (AvgIpc) is 2.34. The minimum absolute atomic E-state index is 0.233. The van der Waals surface area contributed by atoms with Gasteiger partial charge < -0.3 is 9.47 Å². The number of likely N-dealkylation sites (N-methyl/N-ethyl adjacent to an activating group) is 1. The molecule has 0 aromatic rings. The first kappa shape index (κ1) is 16.1. The maximum absolute atomic E-state index is 11.4. The van der Waals surface area contributed by atoms with Crippen molar-refractivity contribution in [1.29, 1.82) is 0 Å². The summed E-state index contributed by atoms with van der Waals surface area (Å²) in [6.45, 7) is 8.55. The molecule has 0 fully saturated rings. The summed E-state index contributed by atoms with van der Waals surface area (Å²) in [5, 5.41) is 0. The predicted molar refractivity (Wildman–Crippen MR) is 69.0 cm³/mol. The molecule has 0 aromatic carbocycles. The van der Waals surface area contributed by atoms with Gasteiger partial charge >= 0.3 is 5.97 Å². The van der Waals surface area contributed by atoms with Crippen molar-refractivity contribution in [3.63, 3.8) is 0 Å². The summed E-state index contributed by atoms with van der Waals surface area (Å²) in [6, 6.07) is 0.344. The molecule has 17 heavy (non-hydrogen) atoms. The molecule has 0 aliphatic rings. The number of nitrogens with zero attached hydrogens (tertiary/aromatic N) is 1. The summed E-state index contributed by atoms with van der Waals surface area (Å²) in [4.78, 5) is 13.7. The zero-order valence-electron chi connectivity index (χ0n) is 11.7. The van der Waals surface area contributed by atoms with Crippen molar-refractivity contribution in [2.75, 3.05) is 33.9 Å². The Kier molecular flexibility index (Phi) is 8.72. The van der Waals surface area contributed by atoms with Gasteiger partial charge in [-0.3, -0.25) is 4.90 Å². The Morgan fingerprint density at radius 1 is 1.35 bits per heavy atom. The zero-order valence-corrected chi connectivity index (χ0v) is 11.7. The molecule has 1 atom stereocenters. The van der Waals surface area contributed by atoms with Crippen molar-refractivity contribution in [3.05, 3.63) is 11.6 Å². The number of carbonyl (C=O) groups is 1. The number of ether oxygens (including phenoxy) is 2. The van der Waals surface area contributed by atoms with Crippen molar-refractivity contribution in [2.24, 2.45) is 0 Å². The fraction of sp³-hybridized carbons (Fsp3) is 0.769. The van der Waals surface area contributed by atoms with Gasteiger partial charge in [0.15, 0.2) is 0 Å². The van der Waals surface area contributed by atoms with E-state index in [-0.39, 0.29) is 5.97 Å². The summed E-state index contributed by atoms with van der Waals surface area (Å²) in [7, 11) is 3.11. The number of hydrogen-bond donors (Lipinski definition) is 0. The Balaban J connectivity index is 4.45. The third-order valence-corrected chi connectivity index (χ3v) is 2.84. The molecule has 0 saturated heterocycles. The van der Waals surface area contributed by atoms with Gasteiger partial charge in [0.1, 0.15) is 0 Å². The lowest BCUT2D eigenvalue weighted by Crippen LogP contribution is -2.36. The average molecular weight is 243 g/mol. The van der Waals surface area contributed by atoms with E-state index in [1.807, 2.05) is 13.0 Å². The van der Waals surface area contributed by atoms with Gasteiger partial charge in [0.25, 0.3) is 0 Å². The van der Waals surface area contributed by atoms with E-state index in [0.29, 0.717) is 19.1 Å². The normalized spacial score (nSPS) is 13.9. The molecule has 0 aliphatic heterocycles. The number of methoxy groups -OCH3 is 2. The molecule has 0 N–H and O–H groups in total. The molecular weight excluding hydrogens is 218 g/mol. The highest BCUT2D eigenvalue weighted by molar-refractivity contribution is 5.88. The quantitative estimate of drug-likeness (QED) is 0.482. The largest absolute Gasteiger partial charge is 0.466 e. The fourth-order valence-corrected chi connectivity index (χ4v) is 1.70. The summed E-state index contributed by atoms with van der Waals surface area (Å²) in [5.41, 5.74) is 0.732. The lowest BCUT2D eigenvalue weighted by Gasteiger charge is -2.26. The van der Waals surface area contributed by atoms with E-state index in [9.17, 15) is 4.79 Å². The molecule has 0 amide bonds. The molecule has 0 spiro atoms. The van der Waals surface area contributed by atoms with Crippen molar-refractivity contribution in [3.8, 4) is 0 Å². The Morgan fingerprint density at radius 2 is 2.00 bits per heavy atom. The Hall–Kier alpha value is -0.870. The van der Waals surface area contributed by atoms with Crippen LogP contribution >= 0.6 is 0 Å². The predicted octanol–water partition coefficient (Wildman–Crippen LogP) is 1.85. The molecule has 1 unspecified atom stereocenters. The van der Waals surface area contributed by atoms with Crippen molar-refractivity contribution in [1.82, 2.24) is 4.90 Å². The molecule has 0 bridgehead atoms. The van der Waals surface area contributed by atoms with Gasteiger partial charge in [0, 0.05) is 25.3 Å². The van der Waals surface area contributed by atoms with Crippen molar-refractivity contribution >= 4 is 5.97 Å². The minimum atomic E-state index is -0.233. The third-order valence-electron chi connectivity index (χ3n) is 2.84. The van der Waals surface area contributed by atoms with Gasteiger partial charge in [0.2, 0.25) is 0 Å². The van der Waals surface area contributed by atoms with E-state index in [2.05, 4.69) is 18.7 Å². The Bertz CT molecular complexity index is 251. The number of hydrogen-bond acceptors (Lipinski definition) is 4. The minimum Gasteiger partial charge on any atom is -0.466 e. The molecule has 0 radical (unpaired) electrons. The first-order valence-corrected chi connectivity index (χ1v) is 6.10. The second-order valence-electron chi connectivity index (χ2n) is 3.97. The van der Waals surface area contributed by atoms with Crippen LogP contribution in [0.15, 0.2) is 11.6 Å². The van der Waals surface area contributed by atoms with Gasteiger partial charge in [-0.1, -0.05) is 19.9 Å². The van der Waals surface area contributed by atoms with E-state index in [4.69, 9.17) is 9.47 Å². The lowest BCUT2D eigenvalue weighted by atomic mass is 10.2. The smallest absolute Gasteiger partial charge is 0.333 e. The summed E-state index contributed by atoms with van der Waals surface area (Å²) in [6.07, 6.45) is 2.64. The van der Waals surface area contributed by atoms with Gasteiger partial charge in [-0.05, 0) is 19.9 Å². The van der Waals surface area contributed by atoms with Crippen LogP contribution in [0.4, 0.5) is 0 Å². The number of carbonyl (C=O) groups excluding carboxylic acids is 1. The van der Waals surface area contributed by atoms with E-state index in [1.54, 1.807) is 7.11 Å². The summed E-state index contributed by atoms with van der Waals surface area (Å²) >= 11 is 0. The Labute approximate surface area is 105 Å². The van der Waals surface area contributed by atoms with Crippen LogP contribution in [0.5, 0.6) is 0 Å².